The van der Waals surface area contributed by atoms with E-state index in [4.69, 9.17) is 5.21 Å². The van der Waals surface area contributed by atoms with E-state index in [2.05, 4.69) is 13.8 Å². The maximum atomic E-state index is 12.1. The highest BCUT2D eigenvalue weighted by Crippen LogP contribution is 2.68. The van der Waals surface area contributed by atoms with Gasteiger partial charge in [0.05, 0.1) is 5.41 Å². The maximum Gasteiger partial charge on any atom is 0.250 e. The number of carbonyl (C=O) groups excluding carboxylic acids is 1. The Bertz CT molecular complexity index is 323. The first-order valence-electron chi connectivity index (χ1n) is 6.44. The van der Waals surface area contributed by atoms with Crippen molar-refractivity contribution in [2.45, 2.75) is 46.0 Å². The molecule has 0 aliphatic heterocycles. The lowest BCUT2D eigenvalue weighted by molar-refractivity contribution is -0.187. The van der Waals surface area contributed by atoms with Crippen LogP contribution in [0.5, 0.6) is 0 Å². The van der Waals surface area contributed by atoms with Gasteiger partial charge in [-0.15, -0.1) is 0 Å². The summed E-state index contributed by atoms with van der Waals surface area (Å²) in [6.07, 6.45) is 5.87. The Morgan fingerprint density at radius 1 is 1.19 bits per heavy atom. The van der Waals surface area contributed by atoms with Gasteiger partial charge in [0.2, 0.25) is 5.91 Å². The van der Waals surface area contributed by atoms with Gasteiger partial charge in [-0.2, -0.15) is 0 Å². The van der Waals surface area contributed by atoms with Crippen LogP contribution in [0, 0.1) is 28.6 Å². The van der Waals surface area contributed by atoms with E-state index in [1.165, 1.54) is 19.3 Å². The van der Waals surface area contributed by atoms with Gasteiger partial charge < -0.3 is 0 Å². The first-order chi connectivity index (χ1) is 7.49. The van der Waals surface area contributed by atoms with E-state index < -0.39 is 0 Å². The van der Waals surface area contributed by atoms with Crippen molar-refractivity contribution in [3.05, 3.63) is 0 Å². The highest BCUT2D eigenvalue weighted by Gasteiger charge is 2.64. The average Bonchev–Trinajstić information content (AvgIpc) is 2.24. The highest BCUT2D eigenvalue weighted by atomic mass is 16.5. The molecule has 2 unspecified atom stereocenters. The van der Waals surface area contributed by atoms with Gasteiger partial charge >= 0.3 is 0 Å². The predicted molar refractivity (Wildman–Crippen MR) is 59.7 cm³/mol. The summed E-state index contributed by atoms with van der Waals surface area (Å²) in [4.78, 5) is 12.1. The summed E-state index contributed by atoms with van der Waals surface area (Å²) in [5.41, 5.74) is 1.69. The molecule has 4 bridgehead atoms. The summed E-state index contributed by atoms with van der Waals surface area (Å²) >= 11 is 0. The summed E-state index contributed by atoms with van der Waals surface area (Å²) < 4.78 is 0. The van der Waals surface area contributed by atoms with E-state index in [9.17, 15) is 4.79 Å². The van der Waals surface area contributed by atoms with Gasteiger partial charge in [-0.3, -0.25) is 10.0 Å². The van der Waals surface area contributed by atoms with Gasteiger partial charge in [0.1, 0.15) is 0 Å². The third-order valence-electron chi connectivity index (χ3n) is 5.97. The van der Waals surface area contributed by atoms with Gasteiger partial charge in [-0.1, -0.05) is 13.8 Å². The van der Waals surface area contributed by atoms with Crippen LogP contribution < -0.4 is 5.48 Å². The molecule has 0 heterocycles. The number of amides is 1. The van der Waals surface area contributed by atoms with Crippen molar-refractivity contribution in [3.8, 4) is 0 Å². The fraction of sp³-hybridized carbons (Fsp3) is 0.923. The summed E-state index contributed by atoms with van der Waals surface area (Å²) in [5.74, 6) is 2.00. The molecule has 16 heavy (non-hydrogen) atoms. The normalized spacial score (nSPS) is 48.1. The van der Waals surface area contributed by atoms with Crippen LogP contribution in [0.1, 0.15) is 46.0 Å². The molecule has 4 aliphatic rings. The summed E-state index contributed by atoms with van der Waals surface area (Å²) in [6, 6.07) is 0. The lowest BCUT2D eigenvalue weighted by Crippen LogP contribution is -2.62. The molecular formula is C13H21NO2. The molecule has 0 radical (unpaired) electrons. The van der Waals surface area contributed by atoms with Crippen LogP contribution in [0.3, 0.4) is 0 Å². The van der Waals surface area contributed by atoms with Crippen molar-refractivity contribution in [3.63, 3.8) is 0 Å². The quantitative estimate of drug-likeness (QED) is 0.529. The Kier molecular flexibility index (Phi) is 1.99. The lowest BCUT2D eigenvalue weighted by atomic mass is 9.39. The van der Waals surface area contributed by atoms with Gasteiger partial charge in [0.25, 0.3) is 0 Å². The Hall–Kier alpha value is -0.570. The van der Waals surface area contributed by atoms with Gasteiger partial charge in [-0.05, 0) is 55.3 Å². The zero-order chi connectivity index (χ0) is 11.6. The first kappa shape index (κ1) is 10.6. The molecule has 0 saturated heterocycles. The summed E-state index contributed by atoms with van der Waals surface area (Å²) in [6.45, 7) is 4.45. The van der Waals surface area contributed by atoms with Gasteiger partial charge in [0.15, 0.2) is 0 Å². The third kappa shape index (κ3) is 1.05. The zero-order valence-electron chi connectivity index (χ0n) is 10.1. The van der Waals surface area contributed by atoms with Crippen molar-refractivity contribution in [1.29, 1.82) is 0 Å². The zero-order valence-corrected chi connectivity index (χ0v) is 10.1. The first-order valence-corrected chi connectivity index (χ1v) is 6.44. The van der Waals surface area contributed by atoms with Crippen molar-refractivity contribution >= 4 is 5.91 Å². The van der Waals surface area contributed by atoms with Crippen LogP contribution in [-0.4, -0.2) is 11.1 Å². The van der Waals surface area contributed by atoms with Crippen LogP contribution in [-0.2, 0) is 4.79 Å². The van der Waals surface area contributed by atoms with Crippen molar-refractivity contribution in [2.24, 2.45) is 28.6 Å². The van der Waals surface area contributed by atoms with Gasteiger partial charge in [0, 0.05) is 0 Å². The second-order valence-electron chi connectivity index (χ2n) is 6.79. The SMILES string of the molecule is CC1(C)C2CC3CC(C2)CC1(C(=O)NO)C3. The Morgan fingerprint density at radius 2 is 1.75 bits per heavy atom. The Morgan fingerprint density at radius 3 is 2.25 bits per heavy atom. The van der Waals surface area contributed by atoms with E-state index in [-0.39, 0.29) is 16.7 Å². The average molecular weight is 223 g/mol. The van der Waals surface area contributed by atoms with E-state index >= 15 is 0 Å². The molecular weight excluding hydrogens is 202 g/mol. The molecule has 4 saturated carbocycles. The van der Waals surface area contributed by atoms with E-state index in [0.717, 1.165) is 24.7 Å². The molecule has 4 rings (SSSR count). The van der Waals surface area contributed by atoms with E-state index in [0.29, 0.717) is 5.92 Å². The highest BCUT2D eigenvalue weighted by molar-refractivity contribution is 5.83. The molecule has 1 amide bonds. The predicted octanol–water partition coefficient (Wildman–Crippen LogP) is 2.34. The van der Waals surface area contributed by atoms with Crippen molar-refractivity contribution in [2.75, 3.05) is 0 Å². The molecule has 90 valence electrons. The molecule has 0 spiro atoms. The smallest absolute Gasteiger partial charge is 0.250 e. The van der Waals surface area contributed by atoms with Crippen LogP contribution in [0.25, 0.3) is 0 Å². The Balaban J connectivity index is 2.05. The second kappa shape index (κ2) is 3.00. The topological polar surface area (TPSA) is 49.3 Å². The van der Waals surface area contributed by atoms with E-state index in [1.54, 1.807) is 0 Å². The standard InChI is InChI=1S/C13H21NO2/c1-12(2)10-4-8-3-9(5-10)7-13(12,6-8)11(15)14-16/h8-10,16H,3-7H2,1-2H3,(H,14,15). The molecule has 3 nitrogen and oxygen atoms in total. The van der Waals surface area contributed by atoms with Gasteiger partial charge in [-0.25, -0.2) is 5.48 Å². The molecule has 0 aromatic carbocycles. The summed E-state index contributed by atoms with van der Waals surface area (Å²) in [5, 5.41) is 9.03. The van der Waals surface area contributed by atoms with Crippen LogP contribution in [0.4, 0.5) is 0 Å². The molecule has 2 N–H and O–H groups in total. The number of hydroxylamine groups is 1. The Labute approximate surface area is 96.6 Å². The molecule has 4 aliphatic carbocycles. The molecule has 0 aromatic heterocycles. The van der Waals surface area contributed by atoms with Crippen LogP contribution >= 0.6 is 0 Å². The molecule has 4 fully saturated rings. The minimum atomic E-state index is -0.295. The largest absolute Gasteiger partial charge is 0.289 e. The minimum Gasteiger partial charge on any atom is -0.289 e. The van der Waals surface area contributed by atoms with E-state index in [1.807, 2.05) is 5.48 Å². The monoisotopic (exact) mass is 223 g/mol. The fourth-order valence-electron chi connectivity index (χ4n) is 5.06. The number of hydrogen-bond donors (Lipinski definition) is 2. The number of nitrogens with one attached hydrogen (secondary N) is 1. The summed E-state index contributed by atoms with van der Waals surface area (Å²) in [7, 11) is 0. The molecule has 2 atom stereocenters. The molecule has 0 aromatic rings. The molecule has 3 heteroatoms. The number of rotatable bonds is 1. The van der Waals surface area contributed by atoms with Crippen molar-refractivity contribution in [1.82, 2.24) is 5.48 Å². The maximum absolute atomic E-state index is 12.1. The minimum absolute atomic E-state index is 0.0488. The number of hydrogen-bond acceptors (Lipinski definition) is 2. The van der Waals surface area contributed by atoms with Crippen molar-refractivity contribution < 1.29 is 10.0 Å². The fourth-order valence-corrected chi connectivity index (χ4v) is 5.06. The third-order valence-corrected chi connectivity index (χ3v) is 5.97. The second-order valence-corrected chi connectivity index (χ2v) is 6.79. The van der Waals surface area contributed by atoms with Crippen LogP contribution in [0.15, 0.2) is 0 Å². The lowest BCUT2D eigenvalue weighted by Gasteiger charge is -2.64. The van der Waals surface area contributed by atoms with Crippen LogP contribution in [0.2, 0.25) is 0 Å². The number of carbonyl (C=O) groups is 1.